The summed E-state index contributed by atoms with van der Waals surface area (Å²) in [6.07, 6.45) is 0. The predicted octanol–water partition coefficient (Wildman–Crippen LogP) is 1.84. The molecule has 4 nitrogen and oxygen atoms in total. The maximum atomic E-state index is 10.0. The molecule has 64 valence electrons. The molecule has 12 heavy (non-hydrogen) atoms. The van der Waals surface area contributed by atoms with Crippen LogP contribution in [0.5, 0.6) is 0 Å². The lowest BCUT2D eigenvalue weighted by atomic mass is 10.3. The summed E-state index contributed by atoms with van der Waals surface area (Å²) in [5, 5.41) is 0. The zero-order valence-corrected chi connectivity index (χ0v) is 8.26. The molecule has 1 aromatic rings. The van der Waals surface area contributed by atoms with Crippen LogP contribution in [0, 0.1) is 0 Å². The van der Waals surface area contributed by atoms with Gasteiger partial charge in [-0.2, -0.15) is 8.42 Å². The van der Waals surface area contributed by atoms with Crippen LogP contribution in [0.25, 0.3) is 0 Å². The third-order valence-electron chi connectivity index (χ3n) is 1.09. The van der Waals surface area contributed by atoms with E-state index in [-0.39, 0.29) is 0 Å². The minimum atomic E-state index is -2.42. The van der Waals surface area contributed by atoms with E-state index in [9.17, 15) is 8.42 Å². The molecule has 0 heterocycles. The summed E-state index contributed by atoms with van der Waals surface area (Å²) in [5.74, 6) is 0. The van der Waals surface area contributed by atoms with Gasteiger partial charge in [0.25, 0.3) is 0 Å². The Balaban J connectivity index is 2.78. The standard InChI is InChI=1S/C6H5BrN2O2S/c7-5-1-3-6(4-2-5)8-9-12(10)11/h1-4,8H. The molecule has 0 aliphatic carbocycles. The van der Waals surface area contributed by atoms with Crippen LogP contribution in [0.3, 0.4) is 0 Å². The summed E-state index contributed by atoms with van der Waals surface area (Å²) in [6, 6.07) is 6.98. The second kappa shape index (κ2) is 4.22. The Bertz CT molecular complexity index is 377. The molecule has 0 aromatic heterocycles. The monoisotopic (exact) mass is 248 g/mol. The minimum absolute atomic E-state index is 0.627. The first-order valence-electron chi connectivity index (χ1n) is 3.00. The van der Waals surface area contributed by atoms with Gasteiger partial charge in [-0.25, -0.2) is 0 Å². The summed E-state index contributed by atoms with van der Waals surface area (Å²) < 4.78 is 24.0. The zero-order valence-electron chi connectivity index (χ0n) is 5.86. The summed E-state index contributed by atoms with van der Waals surface area (Å²) in [6.45, 7) is 0. The molecule has 6 heteroatoms. The normalized spacial score (nSPS) is 9.08. The molecule has 0 radical (unpaired) electrons. The molecule has 0 unspecified atom stereocenters. The Hall–Kier alpha value is -0.880. The van der Waals surface area contributed by atoms with Gasteiger partial charge in [0.2, 0.25) is 0 Å². The molecule has 0 aliphatic heterocycles. The van der Waals surface area contributed by atoms with Gasteiger partial charge < -0.3 is 0 Å². The molecule has 1 aromatic carbocycles. The van der Waals surface area contributed by atoms with Gasteiger partial charge in [-0.3, -0.25) is 5.43 Å². The molecule has 0 bridgehead atoms. The van der Waals surface area contributed by atoms with E-state index in [1.165, 1.54) is 0 Å². The SMILES string of the molecule is O=S(=O)=NNc1ccc(Br)cc1. The number of anilines is 1. The predicted molar refractivity (Wildman–Crippen MR) is 49.1 cm³/mol. The molecule has 0 atom stereocenters. The fourth-order valence-corrected chi connectivity index (χ4v) is 1.06. The molecule has 0 amide bonds. The van der Waals surface area contributed by atoms with Gasteiger partial charge in [0.1, 0.15) is 0 Å². The third kappa shape index (κ3) is 3.02. The van der Waals surface area contributed by atoms with E-state index in [1.54, 1.807) is 24.3 Å². The fraction of sp³-hybridized carbons (Fsp3) is 0. The van der Waals surface area contributed by atoms with Crippen molar-refractivity contribution in [2.75, 3.05) is 5.43 Å². The lowest BCUT2D eigenvalue weighted by Gasteiger charge is -1.95. The first kappa shape index (κ1) is 9.21. The average Bonchev–Trinajstić information content (AvgIpc) is 2.03. The van der Waals surface area contributed by atoms with Crippen LogP contribution >= 0.6 is 15.9 Å². The van der Waals surface area contributed by atoms with Crippen LogP contribution in [-0.2, 0) is 10.5 Å². The number of hydrogen-bond donors (Lipinski definition) is 1. The van der Waals surface area contributed by atoms with Gasteiger partial charge in [0.05, 0.1) is 5.69 Å². The molecular weight excluding hydrogens is 244 g/mol. The van der Waals surface area contributed by atoms with Crippen molar-refractivity contribution in [2.24, 2.45) is 4.47 Å². The Labute approximate surface area is 79.4 Å². The smallest absolute Gasteiger partial charge is 0.263 e. The van der Waals surface area contributed by atoms with Gasteiger partial charge in [0, 0.05) is 4.47 Å². The number of nitrogens with one attached hydrogen (secondary N) is 1. The number of nitrogens with zero attached hydrogens (tertiary/aromatic N) is 1. The van der Waals surface area contributed by atoms with Crippen molar-refractivity contribution in [1.29, 1.82) is 0 Å². The van der Waals surface area contributed by atoms with E-state index in [1.807, 2.05) is 0 Å². The summed E-state index contributed by atoms with van der Waals surface area (Å²) in [7, 11) is -2.42. The molecule has 0 fully saturated rings. The number of halogens is 1. The Morgan fingerprint density at radius 1 is 1.25 bits per heavy atom. The second-order valence-corrected chi connectivity index (χ2v) is 3.46. The van der Waals surface area contributed by atoms with E-state index in [2.05, 4.69) is 25.8 Å². The number of rotatable bonds is 2. The highest BCUT2D eigenvalue weighted by molar-refractivity contribution is 9.10. The zero-order chi connectivity index (χ0) is 8.97. The fourth-order valence-electron chi connectivity index (χ4n) is 0.614. The van der Waals surface area contributed by atoms with E-state index < -0.39 is 10.5 Å². The maximum Gasteiger partial charge on any atom is 0.332 e. The Morgan fingerprint density at radius 2 is 1.83 bits per heavy atom. The van der Waals surface area contributed by atoms with Crippen LogP contribution in [0.4, 0.5) is 5.69 Å². The highest BCUT2D eigenvalue weighted by atomic mass is 79.9. The quantitative estimate of drug-likeness (QED) is 0.813. The van der Waals surface area contributed by atoms with Crippen molar-refractivity contribution in [3.05, 3.63) is 28.7 Å². The average molecular weight is 249 g/mol. The topological polar surface area (TPSA) is 58.5 Å². The molecule has 0 saturated carbocycles. The van der Waals surface area contributed by atoms with E-state index in [0.29, 0.717) is 5.69 Å². The molecule has 0 spiro atoms. The van der Waals surface area contributed by atoms with Gasteiger partial charge in [-0.05, 0) is 24.3 Å². The van der Waals surface area contributed by atoms with Gasteiger partial charge >= 0.3 is 10.5 Å². The third-order valence-corrected chi connectivity index (χ3v) is 1.86. The summed E-state index contributed by atoms with van der Waals surface area (Å²) in [5.41, 5.74) is 2.99. The van der Waals surface area contributed by atoms with Crippen molar-refractivity contribution in [1.82, 2.24) is 0 Å². The molecule has 0 saturated heterocycles. The van der Waals surface area contributed by atoms with Crippen molar-refractivity contribution < 1.29 is 8.42 Å². The molecule has 1 rings (SSSR count). The Kier molecular flexibility index (Phi) is 3.24. The van der Waals surface area contributed by atoms with Crippen LogP contribution in [0.15, 0.2) is 33.2 Å². The molecule has 0 aliphatic rings. The molecular formula is C6H5BrN2O2S. The van der Waals surface area contributed by atoms with Crippen LogP contribution in [-0.4, -0.2) is 8.42 Å². The lowest BCUT2D eigenvalue weighted by Crippen LogP contribution is -1.85. The van der Waals surface area contributed by atoms with Crippen LogP contribution in [0.2, 0.25) is 0 Å². The first-order valence-corrected chi connectivity index (χ1v) is 4.82. The summed E-state index contributed by atoms with van der Waals surface area (Å²) in [4.78, 5) is 0. The van der Waals surface area contributed by atoms with Gasteiger partial charge in [-0.1, -0.05) is 20.4 Å². The second-order valence-electron chi connectivity index (χ2n) is 1.93. The highest BCUT2D eigenvalue weighted by Crippen LogP contribution is 2.13. The number of benzene rings is 1. The van der Waals surface area contributed by atoms with Gasteiger partial charge in [-0.15, -0.1) is 0 Å². The van der Waals surface area contributed by atoms with E-state index in [0.717, 1.165) is 4.47 Å². The van der Waals surface area contributed by atoms with Crippen molar-refractivity contribution >= 4 is 32.1 Å². The van der Waals surface area contributed by atoms with Crippen LogP contribution in [0.1, 0.15) is 0 Å². The summed E-state index contributed by atoms with van der Waals surface area (Å²) >= 11 is 3.25. The maximum absolute atomic E-state index is 10.0. The minimum Gasteiger partial charge on any atom is -0.263 e. The van der Waals surface area contributed by atoms with Crippen LogP contribution < -0.4 is 5.43 Å². The van der Waals surface area contributed by atoms with E-state index >= 15 is 0 Å². The van der Waals surface area contributed by atoms with Gasteiger partial charge in [0.15, 0.2) is 0 Å². The highest BCUT2D eigenvalue weighted by Gasteiger charge is 1.88. The number of hydrogen-bond acceptors (Lipinski definition) is 3. The van der Waals surface area contributed by atoms with Crippen molar-refractivity contribution in [3.8, 4) is 0 Å². The largest absolute Gasteiger partial charge is 0.332 e. The van der Waals surface area contributed by atoms with Crippen molar-refractivity contribution in [3.63, 3.8) is 0 Å². The van der Waals surface area contributed by atoms with Crippen molar-refractivity contribution in [2.45, 2.75) is 0 Å². The first-order chi connectivity index (χ1) is 5.68. The van der Waals surface area contributed by atoms with E-state index in [4.69, 9.17) is 0 Å². The Morgan fingerprint density at radius 3 is 2.33 bits per heavy atom. The lowest BCUT2D eigenvalue weighted by molar-refractivity contribution is 0.621. The molecule has 1 N–H and O–H groups in total.